The Balaban J connectivity index is 3.32. The minimum absolute atomic E-state index is 0.0543. The summed E-state index contributed by atoms with van der Waals surface area (Å²) in [5, 5.41) is 38.0. The van der Waals surface area contributed by atoms with Crippen LogP contribution in [-0.4, -0.2) is 33.2 Å². The van der Waals surface area contributed by atoms with Crippen molar-refractivity contribution in [1.29, 1.82) is 0 Å². The van der Waals surface area contributed by atoms with Crippen molar-refractivity contribution in [3.8, 4) is 0 Å². The van der Waals surface area contributed by atoms with Gasteiger partial charge in [0.25, 0.3) is 0 Å². The average Bonchev–Trinajstić information content (AvgIpc) is 2.51. The van der Waals surface area contributed by atoms with Gasteiger partial charge in [0.15, 0.2) is 0 Å². The van der Waals surface area contributed by atoms with Crippen LogP contribution >= 0.6 is 0 Å². The molecule has 23 heavy (non-hydrogen) atoms. The first-order valence-corrected chi connectivity index (χ1v) is 9.27. The summed E-state index contributed by atoms with van der Waals surface area (Å²) in [6, 6.07) is 0. The van der Waals surface area contributed by atoms with E-state index in [-0.39, 0.29) is 6.42 Å². The molecule has 0 bridgehead atoms. The number of rotatable bonds is 16. The maximum Gasteiger partial charge on any atom is 0.231 e. The molecule has 0 radical (unpaired) electrons. The third kappa shape index (κ3) is 11.5. The molecule has 0 heterocycles. The fourth-order valence-corrected chi connectivity index (χ4v) is 2.69. The molecule has 0 amide bonds. The summed E-state index contributed by atoms with van der Waals surface area (Å²) in [4.78, 5) is 10.4. The predicted molar refractivity (Wildman–Crippen MR) is 88.5 cm³/mol. The third-order valence-corrected chi connectivity index (χ3v) is 4.35. The van der Waals surface area contributed by atoms with Crippen LogP contribution in [0.2, 0.25) is 0 Å². The number of hydrogen-bond donors (Lipinski definition) is 3. The van der Waals surface area contributed by atoms with Gasteiger partial charge in [-0.2, -0.15) is 0 Å². The van der Waals surface area contributed by atoms with Gasteiger partial charge in [0.1, 0.15) is 12.1 Å². The number of carboxylic acid groups (broad SMARTS) is 1. The number of aliphatic hydroxyl groups is 3. The summed E-state index contributed by atoms with van der Waals surface area (Å²) in [6.07, 6.45) is 13.8. The minimum Gasteiger partial charge on any atom is -0.544 e. The van der Waals surface area contributed by atoms with Gasteiger partial charge in [0.2, 0.25) is 5.79 Å². The molecule has 1 unspecified atom stereocenters. The lowest BCUT2D eigenvalue weighted by Gasteiger charge is -2.27. The Morgan fingerprint density at radius 2 is 1.17 bits per heavy atom. The average molecular weight is 331 g/mol. The summed E-state index contributed by atoms with van der Waals surface area (Å²) in [5.41, 5.74) is 0. The molecule has 0 aromatic heterocycles. The highest BCUT2D eigenvalue weighted by atomic mass is 16.6. The van der Waals surface area contributed by atoms with Gasteiger partial charge in [0, 0.05) is 0 Å². The molecule has 5 nitrogen and oxygen atoms in total. The van der Waals surface area contributed by atoms with Crippen molar-refractivity contribution in [2.45, 2.75) is 109 Å². The molecule has 138 valence electrons. The van der Waals surface area contributed by atoms with Crippen molar-refractivity contribution < 1.29 is 25.2 Å². The molecule has 0 spiro atoms. The molecule has 1 atom stereocenters. The van der Waals surface area contributed by atoms with Crippen LogP contribution in [-0.2, 0) is 4.79 Å². The van der Waals surface area contributed by atoms with Crippen LogP contribution in [0.1, 0.15) is 96.8 Å². The van der Waals surface area contributed by atoms with Crippen molar-refractivity contribution in [1.82, 2.24) is 0 Å². The van der Waals surface area contributed by atoms with Crippen molar-refractivity contribution >= 4 is 5.97 Å². The van der Waals surface area contributed by atoms with E-state index in [0.717, 1.165) is 19.3 Å². The van der Waals surface area contributed by atoms with E-state index < -0.39 is 17.9 Å². The standard InChI is InChI=1S/C18H36O5/c1-2-3-4-5-6-7-8-9-10-11-12-13-14-15-16(19)18(22,23)17(20)21/h16,19,22-23H,2-15H2,1H3,(H,20,21)/p-1. The Labute approximate surface area is 140 Å². The molecule has 0 saturated carbocycles. The molecule has 0 aromatic rings. The summed E-state index contributed by atoms with van der Waals surface area (Å²) in [7, 11) is 0. The molecule has 0 aliphatic rings. The number of carbonyl (C=O) groups excluding carboxylic acids is 1. The Morgan fingerprint density at radius 3 is 1.52 bits per heavy atom. The summed E-state index contributed by atoms with van der Waals surface area (Å²) in [6.45, 7) is 2.23. The highest BCUT2D eigenvalue weighted by molar-refractivity contribution is 5.73. The quantitative estimate of drug-likeness (QED) is 0.297. The van der Waals surface area contributed by atoms with Crippen molar-refractivity contribution in [2.24, 2.45) is 0 Å². The van der Waals surface area contributed by atoms with E-state index in [1.54, 1.807) is 0 Å². The fourth-order valence-electron chi connectivity index (χ4n) is 2.69. The SMILES string of the molecule is CCCCCCCCCCCCCCCC(O)C(O)(O)C(=O)[O-]. The van der Waals surface area contributed by atoms with Gasteiger partial charge >= 0.3 is 0 Å². The van der Waals surface area contributed by atoms with Crippen LogP contribution < -0.4 is 5.11 Å². The molecule has 0 aliphatic heterocycles. The molecule has 5 heteroatoms. The van der Waals surface area contributed by atoms with Crippen LogP contribution in [0.25, 0.3) is 0 Å². The van der Waals surface area contributed by atoms with Crippen LogP contribution in [0.3, 0.4) is 0 Å². The van der Waals surface area contributed by atoms with Gasteiger partial charge in [-0.15, -0.1) is 0 Å². The minimum atomic E-state index is -3.14. The van der Waals surface area contributed by atoms with Crippen molar-refractivity contribution in [3.05, 3.63) is 0 Å². The van der Waals surface area contributed by atoms with Gasteiger partial charge in [-0.1, -0.05) is 90.4 Å². The Hall–Kier alpha value is -0.650. The Morgan fingerprint density at radius 1 is 0.826 bits per heavy atom. The topological polar surface area (TPSA) is 101 Å². The van der Waals surface area contributed by atoms with Crippen molar-refractivity contribution in [3.63, 3.8) is 0 Å². The van der Waals surface area contributed by atoms with E-state index in [1.807, 2.05) is 0 Å². The first-order chi connectivity index (χ1) is 10.9. The van der Waals surface area contributed by atoms with Crippen LogP contribution in [0, 0.1) is 0 Å². The lowest BCUT2D eigenvalue weighted by atomic mass is 10.0. The van der Waals surface area contributed by atoms with Crippen LogP contribution in [0.15, 0.2) is 0 Å². The van der Waals surface area contributed by atoms with Crippen LogP contribution in [0.4, 0.5) is 0 Å². The third-order valence-electron chi connectivity index (χ3n) is 4.35. The summed E-state index contributed by atoms with van der Waals surface area (Å²) >= 11 is 0. The molecule has 0 aliphatic carbocycles. The molecule has 3 N–H and O–H groups in total. The van der Waals surface area contributed by atoms with Gasteiger partial charge in [-0.3, -0.25) is 0 Å². The van der Waals surface area contributed by atoms with Gasteiger partial charge < -0.3 is 25.2 Å². The maximum absolute atomic E-state index is 10.4. The lowest BCUT2D eigenvalue weighted by Crippen LogP contribution is -2.56. The molecular formula is C18H35O5-. The number of aliphatic hydroxyl groups excluding tert-OH is 1. The molecule has 0 rings (SSSR count). The number of aliphatic carboxylic acids is 1. The van der Waals surface area contributed by atoms with Crippen LogP contribution in [0.5, 0.6) is 0 Å². The highest BCUT2D eigenvalue weighted by Crippen LogP contribution is 2.16. The zero-order chi connectivity index (χ0) is 17.6. The molecule has 0 saturated heterocycles. The molecule has 0 aromatic carbocycles. The summed E-state index contributed by atoms with van der Waals surface area (Å²) < 4.78 is 0. The first-order valence-electron chi connectivity index (χ1n) is 9.27. The second-order valence-electron chi connectivity index (χ2n) is 6.56. The van der Waals surface area contributed by atoms with E-state index in [0.29, 0.717) is 6.42 Å². The summed E-state index contributed by atoms with van der Waals surface area (Å²) in [5.74, 6) is -5.20. The normalized spacial score (nSPS) is 13.2. The zero-order valence-corrected chi connectivity index (χ0v) is 14.6. The van der Waals surface area contributed by atoms with Gasteiger partial charge in [-0.25, -0.2) is 0 Å². The lowest BCUT2D eigenvalue weighted by molar-refractivity contribution is -0.357. The predicted octanol–water partition coefficient (Wildman–Crippen LogP) is 2.26. The number of carbonyl (C=O) groups is 1. The molecular weight excluding hydrogens is 296 g/mol. The monoisotopic (exact) mass is 331 g/mol. The van der Waals surface area contributed by atoms with E-state index in [9.17, 15) is 15.0 Å². The zero-order valence-electron chi connectivity index (χ0n) is 14.6. The van der Waals surface area contributed by atoms with E-state index in [1.165, 1.54) is 57.8 Å². The van der Waals surface area contributed by atoms with E-state index >= 15 is 0 Å². The smallest absolute Gasteiger partial charge is 0.231 e. The Bertz CT molecular complexity index is 291. The largest absolute Gasteiger partial charge is 0.544 e. The van der Waals surface area contributed by atoms with Crippen molar-refractivity contribution in [2.75, 3.05) is 0 Å². The second-order valence-corrected chi connectivity index (χ2v) is 6.56. The second kappa shape index (κ2) is 13.8. The highest BCUT2D eigenvalue weighted by Gasteiger charge is 2.34. The Kier molecular flexibility index (Phi) is 13.4. The maximum atomic E-state index is 10.4. The number of hydrogen-bond acceptors (Lipinski definition) is 5. The first kappa shape index (κ1) is 22.4. The van der Waals surface area contributed by atoms with Gasteiger partial charge in [-0.05, 0) is 6.42 Å². The van der Waals surface area contributed by atoms with Gasteiger partial charge in [0.05, 0.1) is 0 Å². The van der Waals surface area contributed by atoms with E-state index in [4.69, 9.17) is 10.2 Å². The molecule has 0 fully saturated rings. The van der Waals surface area contributed by atoms with E-state index in [2.05, 4.69) is 6.92 Å². The fraction of sp³-hybridized carbons (Fsp3) is 0.944. The number of unbranched alkanes of at least 4 members (excludes halogenated alkanes) is 12. The number of carboxylic acids is 1.